The van der Waals surface area contributed by atoms with Crippen molar-refractivity contribution in [2.75, 3.05) is 0 Å². The molecule has 0 radical (unpaired) electrons. The zero-order chi connectivity index (χ0) is 12.4. The zero-order valence-corrected chi connectivity index (χ0v) is 10.1. The lowest BCUT2D eigenvalue weighted by atomic mass is 10.2. The van der Waals surface area contributed by atoms with E-state index in [-0.39, 0.29) is 0 Å². The number of nitrogens with one attached hydrogen (secondary N) is 1. The Hall–Kier alpha value is -0.0700. The van der Waals surface area contributed by atoms with Gasteiger partial charge in [0.2, 0.25) is 5.52 Å². The van der Waals surface area contributed by atoms with Gasteiger partial charge in [-0.15, -0.1) is 0 Å². The van der Waals surface area contributed by atoms with Gasteiger partial charge in [0.25, 0.3) is 0 Å². The third kappa shape index (κ3) is 4.07. The van der Waals surface area contributed by atoms with Gasteiger partial charge in [-0.1, -0.05) is 0 Å². The summed E-state index contributed by atoms with van der Waals surface area (Å²) in [5.41, 5.74) is -2.18. The van der Waals surface area contributed by atoms with Crippen molar-refractivity contribution in [1.29, 1.82) is 0 Å². The van der Waals surface area contributed by atoms with Crippen LogP contribution in [0.5, 0.6) is 0 Å². The molecule has 16 heavy (non-hydrogen) atoms. The maximum atomic E-state index is 10.9. The number of nitrogens with zero attached hydrogens (tertiary/aromatic N) is 1. The summed E-state index contributed by atoms with van der Waals surface area (Å²) >= 11 is 0. The first-order valence-corrected chi connectivity index (χ1v) is 7.95. The first kappa shape index (κ1) is 14.0. The smallest absolute Gasteiger partial charge is 0.323 e. The van der Waals surface area contributed by atoms with Crippen molar-refractivity contribution < 1.29 is 28.7 Å². The highest BCUT2D eigenvalue weighted by molar-refractivity contribution is 7.70. The second-order valence-corrected chi connectivity index (χ2v) is 7.29. The minimum absolute atomic E-state index is 0.493. The highest BCUT2D eigenvalue weighted by Gasteiger charge is 2.44. The van der Waals surface area contributed by atoms with Gasteiger partial charge in [-0.2, -0.15) is 0 Å². The molecular weight excluding hydrogens is 258 g/mol. The van der Waals surface area contributed by atoms with E-state index in [1.165, 1.54) is 0 Å². The van der Waals surface area contributed by atoms with Crippen LogP contribution in [-0.4, -0.2) is 37.5 Å². The molecule has 0 aromatic carbocycles. The average molecular weight is 272 g/mol. The Kier molecular flexibility index (Phi) is 4.42. The molecule has 0 amide bonds. The number of rotatable bonds is 4. The predicted molar refractivity (Wildman–Crippen MR) is 57.1 cm³/mol. The van der Waals surface area contributed by atoms with Crippen LogP contribution in [-0.2, 0) is 9.13 Å². The summed E-state index contributed by atoms with van der Waals surface area (Å²) in [7, 11) is -9.82. The second kappa shape index (κ2) is 5.06. The maximum Gasteiger partial charge on any atom is 0.354 e. The lowest BCUT2D eigenvalue weighted by Crippen LogP contribution is -2.38. The zero-order valence-electron chi connectivity index (χ0n) is 8.30. The van der Waals surface area contributed by atoms with E-state index in [2.05, 4.69) is 10.3 Å². The number of aliphatic imine (C=N–C) groups is 1. The molecule has 0 fully saturated rings. The first-order valence-electron chi connectivity index (χ1n) is 4.59. The molecule has 0 bridgehead atoms. The van der Waals surface area contributed by atoms with Crippen LogP contribution < -0.4 is 5.32 Å². The fourth-order valence-corrected chi connectivity index (χ4v) is 3.67. The minimum atomic E-state index is -4.91. The van der Waals surface area contributed by atoms with Crippen molar-refractivity contribution in [3.63, 3.8) is 0 Å². The second-order valence-electron chi connectivity index (χ2n) is 3.50. The van der Waals surface area contributed by atoms with Gasteiger partial charge in [0.1, 0.15) is 6.17 Å². The van der Waals surface area contributed by atoms with E-state index in [4.69, 9.17) is 19.6 Å². The molecule has 0 aromatic rings. The first-order chi connectivity index (χ1) is 7.21. The molecule has 94 valence electrons. The lowest BCUT2D eigenvalue weighted by molar-refractivity contribution is 0.317. The Labute approximate surface area is 92.1 Å². The molecule has 1 heterocycles. The number of hydrogen-bond donors (Lipinski definition) is 5. The van der Waals surface area contributed by atoms with Crippen molar-refractivity contribution in [1.82, 2.24) is 5.32 Å². The summed E-state index contributed by atoms with van der Waals surface area (Å²) in [6.45, 7) is 0. The molecule has 0 aromatic heterocycles. The van der Waals surface area contributed by atoms with E-state index in [1.54, 1.807) is 6.21 Å². The van der Waals surface area contributed by atoms with E-state index < -0.39 is 26.9 Å². The van der Waals surface area contributed by atoms with Crippen molar-refractivity contribution in [3.8, 4) is 0 Å². The summed E-state index contributed by atoms with van der Waals surface area (Å²) < 4.78 is 21.9. The van der Waals surface area contributed by atoms with Gasteiger partial charge in [-0.25, -0.2) is 0 Å². The summed E-state index contributed by atoms with van der Waals surface area (Å²) in [5.74, 6) is 0. The summed E-state index contributed by atoms with van der Waals surface area (Å²) in [5, 5.41) is 2.21. The third-order valence-electron chi connectivity index (χ3n) is 2.07. The van der Waals surface area contributed by atoms with Crippen molar-refractivity contribution in [2.45, 2.75) is 31.0 Å². The number of hydrogen-bond acceptors (Lipinski definition) is 4. The summed E-state index contributed by atoms with van der Waals surface area (Å²) in [6, 6.07) is 0. The molecular formula is C6H14N2O6P2. The highest BCUT2D eigenvalue weighted by Crippen LogP contribution is 2.58. The predicted octanol–water partition coefficient (Wildman–Crippen LogP) is -0.204. The maximum absolute atomic E-state index is 10.9. The van der Waals surface area contributed by atoms with E-state index in [1.807, 2.05) is 0 Å². The van der Waals surface area contributed by atoms with Crippen LogP contribution in [0.1, 0.15) is 19.3 Å². The van der Waals surface area contributed by atoms with Crippen LogP contribution >= 0.6 is 15.2 Å². The Morgan fingerprint density at radius 2 is 1.81 bits per heavy atom. The quantitative estimate of drug-likeness (QED) is 0.446. The summed E-state index contributed by atoms with van der Waals surface area (Å²) in [4.78, 5) is 39.3. The van der Waals surface area contributed by atoms with Gasteiger partial charge >= 0.3 is 15.2 Å². The Morgan fingerprint density at radius 1 is 1.25 bits per heavy atom. The van der Waals surface area contributed by atoms with E-state index in [0.29, 0.717) is 6.42 Å². The Bertz CT molecular complexity index is 338. The van der Waals surface area contributed by atoms with Gasteiger partial charge in [0, 0.05) is 6.21 Å². The molecule has 10 heteroatoms. The van der Waals surface area contributed by atoms with Crippen LogP contribution in [0.4, 0.5) is 0 Å². The molecule has 0 saturated carbocycles. The standard InChI is InChI=1S/C6H14N2O6P2/c9-15(10,11)6(16(12,13)14)8-5-3-1-2-4-7-5/h4-6,8H,1-3H2,(H2,9,10,11)(H2,12,13,14). The normalized spacial score (nSPS) is 22.7. The van der Waals surface area contributed by atoms with Crippen molar-refractivity contribution in [2.24, 2.45) is 4.99 Å². The SMILES string of the molecule is O=P(O)(O)C(NC1CCCC=N1)P(=O)(O)O. The topological polar surface area (TPSA) is 139 Å². The van der Waals surface area contributed by atoms with Crippen LogP contribution in [0.15, 0.2) is 4.99 Å². The molecule has 1 aliphatic heterocycles. The van der Waals surface area contributed by atoms with Crippen LogP contribution in [0.25, 0.3) is 0 Å². The molecule has 0 spiro atoms. The molecule has 5 N–H and O–H groups in total. The summed E-state index contributed by atoms with van der Waals surface area (Å²) in [6.07, 6.45) is 2.93. The van der Waals surface area contributed by atoms with Gasteiger partial charge in [0.15, 0.2) is 0 Å². The molecule has 1 rings (SSSR count). The fourth-order valence-electron chi connectivity index (χ4n) is 1.37. The van der Waals surface area contributed by atoms with E-state index in [9.17, 15) is 9.13 Å². The fraction of sp³-hybridized carbons (Fsp3) is 0.833. The van der Waals surface area contributed by atoms with Gasteiger partial charge < -0.3 is 19.6 Å². The minimum Gasteiger partial charge on any atom is -0.323 e. The van der Waals surface area contributed by atoms with Gasteiger partial charge in [0.05, 0.1) is 0 Å². The average Bonchev–Trinajstić information content (AvgIpc) is 2.12. The largest absolute Gasteiger partial charge is 0.354 e. The van der Waals surface area contributed by atoms with Crippen molar-refractivity contribution in [3.05, 3.63) is 0 Å². The molecule has 8 nitrogen and oxygen atoms in total. The van der Waals surface area contributed by atoms with Crippen molar-refractivity contribution >= 4 is 21.4 Å². The van der Waals surface area contributed by atoms with Crippen LogP contribution in [0.2, 0.25) is 0 Å². The van der Waals surface area contributed by atoms with Gasteiger partial charge in [-0.05, 0) is 19.3 Å². The monoisotopic (exact) mass is 272 g/mol. The van der Waals surface area contributed by atoms with Crippen LogP contribution in [0, 0.1) is 0 Å². The van der Waals surface area contributed by atoms with E-state index in [0.717, 1.165) is 12.8 Å². The molecule has 1 unspecified atom stereocenters. The highest BCUT2D eigenvalue weighted by atomic mass is 31.2. The molecule has 0 saturated heterocycles. The third-order valence-corrected chi connectivity index (χ3v) is 5.45. The van der Waals surface area contributed by atoms with E-state index >= 15 is 0 Å². The Morgan fingerprint density at radius 3 is 2.19 bits per heavy atom. The molecule has 1 aliphatic rings. The van der Waals surface area contributed by atoms with Crippen LogP contribution in [0.3, 0.4) is 0 Å². The van der Waals surface area contributed by atoms with Gasteiger partial charge in [-0.3, -0.25) is 19.4 Å². The lowest BCUT2D eigenvalue weighted by Gasteiger charge is -2.25. The molecule has 1 atom stereocenters. The Balaban J connectivity index is 2.79. The molecule has 0 aliphatic carbocycles.